The van der Waals surface area contributed by atoms with Gasteiger partial charge in [-0.05, 0) is 29.8 Å². The summed E-state index contributed by atoms with van der Waals surface area (Å²) < 4.78 is 5.11. The van der Waals surface area contributed by atoms with E-state index in [0.717, 1.165) is 5.56 Å². The van der Waals surface area contributed by atoms with Crippen molar-refractivity contribution >= 4 is 29.3 Å². The van der Waals surface area contributed by atoms with Crippen LogP contribution in [-0.2, 0) is 9.59 Å². The average molecular weight is 313 g/mol. The van der Waals surface area contributed by atoms with Crippen molar-refractivity contribution in [2.75, 3.05) is 17.8 Å². The summed E-state index contributed by atoms with van der Waals surface area (Å²) in [7, 11) is 1.58. The van der Waals surface area contributed by atoms with E-state index in [2.05, 4.69) is 0 Å². The molecule has 22 heavy (non-hydrogen) atoms. The van der Waals surface area contributed by atoms with Crippen LogP contribution in [-0.4, -0.2) is 24.7 Å². The minimum atomic E-state index is -0.346. The predicted molar refractivity (Wildman–Crippen MR) is 87.1 cm³/mol. The molecule has 0 spiro atoms. The summed E-state index contributed by atoms with van der Waals surface area (Å²) in [4.78, 5) is 26.2. The van der Waals surface area contributed by atoms with Crippen LogP contribution >= 0.6 is 11.8 Å². The van der Waals surface area contributed by atoms with E-state index >= 15 is 0 Å². The van der Waals surface area contributed by atoms with E-state index in [-0.39, 0.29) is 22.8 Å². The Hall–Kier alpha value is -2.27. The smallest absolute Gasteiger partial charge is 0.251 e. The van der Waals surface area contributed by atoms with Crippen LogP contribution in [0.5, 0.6) is 5.75 Å². The van der Waals surface area contributed by atoms with Gasteiger partial charge in [0.25, 0.3) is 5.91 Å². The highest BCUT2D eigenvalue weighted by Gasteiger charge is 2.36. The molecule has 1 aliphatic rings. The van der Waals surface area contributed by atoms with Crippen LogP contribution in [0.1, 0.15) is 10.8 Å². The number of rotatable bonds is 3. The molecule has 4 nitrogen and oxygen atoms in total. The van der Waals surface area contributed by atoms with Crippen molar-refractivity contribution < 1.29 is 14.3 Å². The molecular formula is C17H15NO3S. The van der Waals surface area contributed by atoms with Gasteiger partial charge in [0.15, 0.2) is 0 Å². The molecule has 2 aromatic carbocycles. The van der Waals surface area contributed by atoms with E-state index in [0.29, 0.717) is 11.4 Å². The van der Waals surface area contributed by atoms with Gasteiger partial charge in [-0.15, -0.1) is 11.8 Å². The minimum absolute atomic E-state index is 0.188. The van der Waals surface area contributed by atoms with Gasteiger partial charge in [-0.2, -0.15) is 0 Å². The molecule has 1 fully saturated rings. The summed E-state index contributed by atoms with van der Waals surface area (Å²) in [6.07, 6.45) is 0. The predicted octanol–water partition coefficient (Wildman–Crippen LogP) is 3.04. The summed E-state index contributed by atoms with van der Waals surface area (Å²) in [5.41, 5.74) is 1.50. The van der Waals surface area contributed by atoms with E-state index < -0.39 is 0 Å². The summed E-state index contributed by atoms with van der Waals surface area (Å²) in [6, 6.07) is 16.5. The van der Waals surface area contributed by atoms with Gasteiger partial charge in [0, 0.05) is 0 Å². The third-order valence-electron chi connectivity index (χ3n) is 3.50. The molecule has 0 bridgehead atoms. The zero-order chi connectivity index (χ0) is 15.5. The Balaban J connectivity index is 1.91. The molecule has 1 heterocycles. The molecule has 3 rings (SSSR count). The number of imide groups is 1. The Morgan fingerprint density at radius 2 is 1.73 bits per heavy atom. The zero-order valence-corrected chi connectivity index (χ0v) is 12.9. The van der Waals surface area contributed by atoms with Gasteiger partial charge in [0.1, 0.15) is 11.0 Å². The highest BCUT2D eigenvalue weighted by atomic mass is 32.2. The summed E-state index contributed by atoms with van der Waals surface area (Å²) in [6.45, 7) is 0. The number of methoxy groups -OCH3 is 1. The molecular weight excluding hydrogens is 298 g/mol. The van der Waals surface area contributed by atoms with Crippen molar-refractivity contribution in [2.24, 2.45) is 0 Å². The largest absolute Gasteiger partial charge is 0.497 e. The first-order valence-electron chi connectivity index (χ1n) is 6.88. The van der Waals surface area contributed by atoms with Crippen LogP contribution in [0.2, 0.25) is 0 Å². The molecule has 112 valence electrons. The van der Waals surface area contributed by atoms with Gasteiger partial charge in [-0.25, -0.2) is 4.90 Å². The van der Waals surface area contributed by atoms with Crippen molar-refractivity contribution in [3.05, 3.63) is 60.2 Å². The second-order valence-corrected chi connectivity index (χ2v) is 5.96. The normalized spacial score (nSPS) is 18.4. The van der Waals surface area contributed by atoms with Crippen LogP contribution in [0, 0.1) is 0 Å². The third-order valence-corrected chi connectivity index (χ3v) is 4.72. The Labute approximate surface area is 133 Å². The molecule has 0 aliphatic carbocycles. The number of amides is 2. The summed E-state index contributed by atoms with van der Waals surface area (Å²) in [5, 5.41) is -0.346. The van der Waals surface area contributed by atoms with Crippen LogP contribution in [0.4, 0.5) is 5.69 Å². The van der Waals surface area contributed by atoms with Crippen molar-refractivity contribution in [2.45, 2.75) is 5.25 Å². The van der Waals surface area contributed by atoms with E-state index in [1.54, 1.807) is 31.4 Å². The van der Waals surface area contributed by atoms with E-state index in [4.69, 9.17) is 4.74 Å². The van der Waals surface area contributed by atoms with Crippen LogP contribution < -0.4 is 9.64 Å². The number of hydrogen-bond acceptors (Lipinski definition) is 4. The van der Waals surface area contributed by atoms with Crippen LogP contribution in [0.15, 0.2) is 54.6 Å². The molecule has 1 saturated heterocycles. The lowest BCUT2D eigenvalue weighted by atomic mass is 10.1. The van der Waals surface area contributed by atoms with Crippen molar-refractivity contribution in [1.29, 1.82) is 0 Å². The Morgan fingerprint density at radius 3 is 2.36 bits per heavy atom. The number of ether oxygens (including phenoxy) is 1. The van der Waals surface area contributed by atoms with Crippen LogP contribution in [0.25, 0.3) is 0 Å². The fraction of sp³-hybridized carbons (Fsp3) is 0.176. The first-order valence-corrected chi connectivity index (χ1v) is 7.93. The number of carbonyl (C=O) groups excluding carboxylic acids is 2. The molecule has 1 aliphatic heterocycles. The number of anilines is 1. The van der Waals surface area contributed by atoms with Crippen LogP contribution in [0.3, 0.4) is 0 Å². The maximum atomic E-state index is 12.7. The minimum Gasteiger partial charge on any atom is -0.497 e. The van der Waals surface area contributed by atoms with E-state index in [1.165, 1.54) is 16.7 Å². The number of thioether (sulfide) groups is 1. The second-order valence-electron chi connectivity index (χ2n) is 4.87. The molecule has 2 aromatic rings. The van der Waals surface area contributed by atoms with Gasteiger partial charge >= 0.3 is 0 Å². The van der Waals surface area contributed by atoms with Gasteiger partial charge in [-0.3, -0.25) is 9.59 Å². The SMILES string of the molecule is COc1ccc(N2C(=O)CS[C@@H](c3ccccc3)C2=O)cc1. The standard InChI is InChI=1S/C17H15NO3S/c1-21-14-9-7-13(8-10-14)18-15(19)11-22-16(17(18)20)12-5-3-2-4-6-12/h2-10,16H,11H2,1H3/t16-/m0/s1. The highest BCUT2D eigenvalue weighted by molar-refractivity contribution is 8.01. The van der Waals surface area contributed by atoms with E-state index in [9.17, 15) is 9.59 Å². The lowest BCUT2D eigenvalue weighted by Crippen LogP contribution is -2.44. The molecule has 5 heteroatoms. The molecule has 0 saturated carbocycles. The number of nitrogens with zero attached hydrogens (tertiary/aromatic N) is 1. The quantitative estimate of drug-likeness (QED) is 0.817. The Morgan fingerprint density at radius 1 is 1.05 bits per heavy atom. The van der Waals surface area contributed by atoms with Crippen molar-refractivity contribution in [1.82, 2.24) is 0 Å². The number of carbonyl (C=O) groups is 2. The van der Waals surface area contributed by atoms with Crippen molar-refractivity contribution in [3.8, 4) is 5.75 Å². The van der Waals surface area contributed by atoms with Gasteiger partial charge in [-0.1, -0.05) is 30.3 Å². The number of hydrogen-bond donors (Lipinski definition) is 0. The molecule has 2 amide bonds. The second kappa shape index (κ2) is 6.23. The monoisotopic (exact) mass is 313 g/mol. The lowest BCUT2D eigenvalue weighted by molar-refractivity contribution is -0.125. The zero-order valence-electron chi connectivity index (χ0n) is 12.1. The summed E-state index contributed by atoms with van der Waals surface area (Å²) in [5.74, 6) is 0.594. The topological polar surface area (TPSA) is 46.6 Å². The van der Waals surface area contributed by atoms with E-state index in [1.807, 2.05) is 30.3 Å². The summed E-state index contributed by atoms with van der Waals surface area (Å²) >= 11 is 1.37. The Bertz CT molecular complexity index is 685. The maximum absolute atomic E-state index is 12.7. The molecule has 0 radical (unpaired) electrons. The van der Waals surface area contributed by atoms with Crippen molar-refractivity contribution in [3.63, 3.8) is 0 Å². The fourth-order valence-corrected chi connectivity index (χ4v) is 3.44. The molecule has 0 unspecified atom stereocenters. The molecule has 0 N–H and O–H groups in total. The molecule has 1 atom stereocenters. The van der Waals surface area contributed by atoms with Gasteiger partial charge in [0.05, 0.1) is 18.6 Å². The van der Waals surface area contributed by atoms with Gasteiger partial charge < -0.3 is 4.74 Å². The Kier molecular flexibility index (Phi) is 4.15. The maximum Gasteiger partial charge on any atom is 0.251 e. The average Bonchev–Trinajstić information content (AvgIpc) is 2.56. The third kappa shape index (κ3) is 2.72. The first kappa shape index (κ1) is 14.7. The highest BCUT2D eigenvalue weighted by Crippen LogP contribution is 2.37. The van der Waals surface area contributed by atoms with Gasteiger partial charge in [0.2, 0.25) is 5.91 Å². The number of benzene rings is 2. The molecule has 0 aromatic heterocycles. The fourth-order valence-electron chi connectivity index (χ4n) is 2.40. The lowest BCUT2D eigenvalue weighted by Gasteiger charge is -2.30. The first-order chi connectivity index (χ1) is 10.7.